The van der Waals surface area contributed by atoms with Gasteiger partial charge in [-0.15, -0.1) is 24.0 Å². The van der Waals surface area contributed by atoms with Crippen LogP contribution in [0.3, 0.4) is 0 Å². The highest BCUT2D eigenvalue weighted by atomic mass is 127. The van der Waals surface area contributed by atoms with Crippen molar-refractivity contribution in [3.63, 3.8) is 0 Å². The Morgan fingerprint density at radius 3 is 2.28 bits per heavy atom. The number of aliphatic imine (C=N–C) groups is 1. The van der Waals surface area contributed by atoms with Gasteiger partial charge in [-0.1, -0.05) is 12.8 Å². The minimum atomic E-state index is 0. The fourth-order valence-electron chi connectivity index (χ4n) is 4.55. The first-order valence-electron chi connectivity index (χ1n) is 10.3. The van der Waals surface area contributed by atoms with E-state index >= 15 is 0 Å². The molecule has 0 bridgehead atoms. The normalized spacial score (nSPS) is 22.8. The topological polar surface area (TPSA) is 45.6 Å². The molecule has 0 radical (unpaired) electrons. The van der Waals surface area contributed by atoms with Gasteiger partial charge in [0.1, 0.15) is 0 Å². The number of hydrogen-bond acceptors (Lipinski definition) is 2. The smallest absolute Gasteiger partial charge is 0.191 e. The lowest BCUT2D eigenvalue weighted by Crippen LogP contribution is -2.45. The molecule has 2 N–H and O–H groups in total. The number of ether oxygens (including phenoxy) is 1. The number of nitrogens with one attached hydrogen (secondary N) is 2. The highest BCUT2D eigenvalue weighted by molar-refractivity contribution is 14.0. The second-order valence-electron chi connectivity index (χ2n) is 8.30. The molecular formula is C20H38IN3O. The summed E-state index contributed by atoms with van der Waals surface area (Å²) < 4.78 is 5.63. The minimum absolute atomic E-state index is 0. The van der Waals surface area contributed by atoms with Gasteiger partial charge in [0, 0.05) is 33.4 Å². The largest absolute Gasteiger partial charge is 0.382 e. The average molecular weight is 463 g/mol. The van der Waals surface area contributed by atoms with E-state index < -0.39 is 0 Å². The van der Waals surface area contributed by atoms with E-state index in [1.165, 1.54) is 57.8 Å². The van der Waals surface area contributed by atoms with Crippen LogP contribution in [0.1, 0.15) is 64.7 Å². The van der Waals surface area contributed by atoms with Crippen molar-refractivity contribution < 1.29 is 4.74 Å². The maximum absolute atomic E-state index is 5.63. The zero-order valence-corrected chi connectivity index (χ0v) is 18.5. The molecule has 25 heavy (non-hydrogen) atoms. The molecule has 0 unspecified atom stereocenters. The molecule has 3 aliphatic carbocycles. The first-order valence-corrected chi connectivity index (χ1v) is 10.3. The van der Waals surface area contributed by atoms with Crippen molar-refractivity contribution in [3.8, 4) is 0 Å². The van der Waals surface area contributed by atoms with Crippen LogP contribution in [0.15, 0.2) is 4.99 Å². The van der Waals surface area contributed by atoms with Gasteiger partial charge in [-0.2, -0.15) is 0 Å². The van der Waals surface area contributed by atoms with Gasteiger partial charge in [0.2, 0.25) is 0 Å². The van der Waals surface area contributed by atoms with Crippen molar-refractivity contribution in [2.45, 2.75) is 64.7 Å². The van der Waals surface area contributed by atoms with Gasteiger partial charge in [0.05, 0.1) is 0 Å². The molecule has 0 atom stereocenters. The molecule has 0 aromatic carbocycles. The molecule has 0 aromatic heterocycles. The van der Waals surface area contributed by atoms with Gasteiger partial charge in [0.25, 0.3) is 0 Å². The van der Waals surface area contributed by atoms with Crippen molar-refractivity contribution >= 4 is 29.9 Å². The first-order chi connectivity index (χ1) is 11.8. The van der Waals surface area contributed by atoms with E-state index in [0.29, 0.717) is 5.41 Å². The van der Waals surface area contributed by atoms with Crippen LogP contribution in [0.25, 0.3) is 0 Å². The van der Waals surface area contributed by atoms with E-state index in [4.69, 9.17) is 4.74 Å². The van der Waals surface area contributed by atoms with Crippen LogP contribution < -0.4 is 10.6 Å². The Morgan fingerprint density at radius 2 is 1.76 bits per heavy atom. The first kappa shape index (κ1) is 21.3. The Balaban J connectivity index is 0.00000225. The van der Waals surface area contributed by atoms with Crippen molar-refractivity contribution in [3.05, 3.63) is 0 Å². The molecule has 0 spiro atoms. The highest BCUT2D eigenvalue weighted by Crippen LogP contribution is 2.48. The molecule has 0 aromatic rings. The molecule has 3 saturated carbocycles. The van der Waals surface area contributed by atoms with Gasteiger partial charge in [-0.05, 0) is 75.0 Å². The number of halogens is 1. The van der Waals surface area contributed by atoms with Gasteiger partial charge in [-0.25, -0.2) is 0 Å². The van der Waals surface area contributed by atoms with Crippen LogP contribution in [-0.4, -0.2) is 39.3 Å². The van der Waals surface area contributed by atoms with Gasteiger partial charge >= 0.3 is 0 Å². The number of hydrogen-bond donors (Lipinski definition) is 2. The summed E-state index contributed by atoms with van der Waals surface area (Å²) in [5.41, 5.74) is 0.416. The molecule has 0 aliphatic heterocycles. The second-order valence-corrected chi connectivity index (χ2v) is 8.30. The monoisotopic (exact) mass is 463 g/mol. The van der Waals surface area contributed by atoms with Crippen LogP contribution in [0.5, 0.6) is 0 Å². The average Bonchev–Trinajstić information content (AvgIpc) is 3.52. The van der Waals surface area contributed by atoms with Crippen LogP contribution in [0.2, 0.25) is 0 Å². The molecule has 0 heterocycles. The molecule has 0 saturated heterocycles. The summed E-state index contributed by atoms with van der Waals surface area (Å²) in [5, 5.41) is 7.26. The predicted molar refractivity (Wildman–Crippen MR) is 116 cm³/mol. The minimum Gasteiger partial charge on any atom is -0.382 e. The summed E-state index contributed by atoms with van der Waals surface area (Å²) in [6, 6.07) is 0. The third-order valence-corrected chi connectivity index (χ3v) is 6.46. The maximum Gasteiger partial charge on any atom is 0.191 e. The van der Waals surface area contributed by atoms with E-state index in [2.05, 4.69) is 22.5 Å². The molecule has 4 nitrogen and oxygen atoms in total. The molecule has 3 aliphatic rings. The Kier molecular flexibility index (Phi) is 8.79. The number of rotatable bonds is 10. The molecule has 3 fully saturated rings. The number of guanidine groups is 1. The molecule has 5 heteroatoms. The molecule has 3 rings (SSSR count). The Hall–Kier alpha value is -0.0400. The summed E-state index contributed by atoms with van der Waals surface area (Å²) in [6.45, 7) is 5.96. The molecular weight excluding hydrogens is 425 g/mol. The van der Waals surface area contributed by atoms with Gasteiger partial charge in [0.15, 0.2) is 5.96 Å². The van der Waals surface area contributed by atoms with Crippen molar-refractivity contribution in [2.75, 3.05) is 33.4 Å². The van der Waals surface area contributed by atoms with E-state index in [1.807, 2.05) is 7.05 Å². The summed E-state index contributed by atoms with van der Waals surface area (Å²) in [5.74, 6) is 3.89. The Morgan fingerprint density at radius 1 is 1.12 bits per heavy atom. The van der Waals surface area contributed by atoms with E-state index in [0.717, 1.165) is 50.0 Å². The zero-order chi connectivity index (χ0) is 16.8. The summed E-state index contributed by atoms with van der Waals surface area (Å²) in [7, 11) is 1.90. The Labute approximate surface area is 171 Å². The number of nitrogens with zero attached hydrogens (tertiary/aromatic N) is 1. The maximum atomic E-state index is 5.63. The van der Waals surface area contributed by atoms with E-state index in [9.17, 15) is 0 Å². The van der Waals surface area contributed by atoms with Gasteiger partial charge in [-0.3, -0.25) is 4.99 Å². The second kappa shape index (κ2) is 10.3. The summed E-state index contributed by atoms with van der Waals surface area (Å²) in [6.07, 6.45) is 12.4. The quantitative estimate of drug-likeness (QED) is 0.221. The van der Waals surface area contributed by atoms with Crippen LogP contribution in [-0.2, 0) is 4.74 Å². The highest BCUT2D eigenvalue weighted by Gasteiger charge is 2.41. The van der Waals surface area contributed by atoms with Crippen molar-refractivity contribution in [2.24, 2.45) is 28.2 Å². The van der Waals surface area contributed by atoms with Crippen LogP contribution in [0, 0.1) is 23.2 Å². The predicted octanol–water partition coefficient (Wildman–Crippen LogP) is 4.19. The molecule has 146 valence electrons. The third kappa shape index (κ3) is 6.56. The molecule has 0 amide bonds. The fourth-order valence-corrected chi connectivity index (χ4v) is 4.55. The lowest BCUT2D eigenvalue weighted by Gasteiger charge is -2.30. The van der Waals surface area contributed by atoms with Crippen LogP contribution in [0.4, 0.5) is 0 Å². The summed E-state index contributed by atoms with van der Waals surface area (Å²) >= 11 is 0. The van der Waals surface area contributed by atoms with Crippen molar-refractivity contribution in [1.82, 2.24) is 10.6 Å². The van der Waals surface area contributed by atoms with E-state index in [1.54, 1.807) is 0 Å². The fraction of sp³-hybridized carbons (Fsp3) is 0.950. The SMILES string of the molecule is CCOCCC1(CNC(=NC)NCC(C2CC2)C2CC2)CCCC1.I. The lowest BCUT2D eigenvalue weighted by molar-refractivity contribution is 0.105. The standard InChI is InChI=1S/C20H37N3O.HI/c1-3-24-13-12-20(10-4-5-11-20)15-23-19(21-2)22-14-18(16-6-7-16)17-8-9-17;/h16-18H,3-15H2,1-2H3,(H2,21,22,23);1H. The van der Waals surface area contributed by atoms with Crippen LogP contribution >= 0.6 is 24.0 Å². The summed E-state index contributed by atoms with van der Waals surface area (Å²) in [4.78, 5) is 4.47. The van der Waals surface area contributed by atoms with Gasteiger partial charge < -0.3 is 15.4 Å². The third-order valence-electron chi connectivity index (χ3n) is 6.46. The lowest BCUT2D eigenvalue weighted by atomic mass is 9.83. The Bertz CT molecular complexity index is 403. The van der Waals surface area contributed by atoms with E-state index in [-0.39, 0.29) is 24.0 Å². The zero-order valence-electron chi connectivity index (χ0n) is 16.2. The van der Waals surface area contributed by atoms with Crippen molar-refractivity contribution in [1.29, 1.82) is 0 Å².